The van der Waals surface area contributed by atoms with Crippen molar-refractivity contribution in [1.82, 2.24) is 9.55 Å². The Morgan fingerprint density at radius 1 is 1.30 bits per heavy atom. The molecule has 2 heterocycles. The number of alkyl halides is 3. The second-order valence-corrected chi connectivity index (χ2v) is 7.32. The van der Waals surface area contributed by atoms with E-state index in [0.29, 0.717) is 5.16 Å². The molecular formula is C18H18F3N3O2S. The first-order valence-electron chi connectivity index (χ1n) is 8.43. The Hall–Kier alpha value is -2.29. The Morgan fingerprint density at radius 3 is 2.67 bits per heavy atom. The number of carbonyl (C=O) groups is 1. The number of rotatable bonds is 4. The molecule has 1 aromatic heterocycles. The molecular weight excluding hydrogens is 379 g/mol. The summed E-state index contributed by atoms with van der Waals surface area (Å²) in [5.41, 5.74) is -1.45. The van der Waals surface area contributed by atoms with Crippen molar-refractivity contribution in [2.24, 2.45) is 7.05 Å². The average molecular weight is 397 g/mol. The average Bonchev–Trinajstić information content (AvgIpc) is 2.62. The number of nitrogens with zero attached hydrogens (tertiary/aromatic N) is 2. The monoisotopic (exact) mass is 397 g/mol. The van der Waals surface area contributed by atoms with Gasteiger partial charge in [0.2, 0.25) is 5.91 Å². The summed E-state index contributed by atoms with van der Waals surface area (Å²) in [4.78, 5) is 29.0. The van der Waals surface area contributed by atoms with Crippen molar-refractivity contribution in [2.45, 2.75) is 37.0 Å². The molecule has 1 aliphatic heterocycles. The third kappa shape index (κ3) is 3.73. The molecule has 27 heavy (non-hydrogen) atoms. The number of thioether (sulfide) groups is 1. The number of benzene rings is 1. The van der Waals surface area contributed by atoms with E-state index in [1.807, 2.05) is 6.92 Å². The van der Waals surface area contributed by atoms with Gasteiger partial charge in [-0.15, -0.1) is 0 Å². The van der Waals surface area contributed by atoms with E-state index < -0.39 is 29.1 Å². The Kier molecular flexibility index (Phi) is 5.32. The summed E-state index contributed by atoms with van der Waals surface area (Å²) in [6, 6.07) is 5.04. The lowest BCUT2D eigenvalue weighted by atomic mass is 9.84. The summed E-state index contributed by atoms with van der Waals surface area (Å²) >= 11 is 1.36. The molecule has 5 nitrogen and oxygen atoms in total. The number of hydrogen-bond acceptors (Lipinski definition) is 4. The number of aromatic nitrogens is 2. The number of carbonyl (C=O) groups excluding carboxylic acids is 1. The van der Waals surface area contributed by atoms with Crippen LogP contribution in [0.1, 0.15) is 42.4 Å². The standard InChI is InChI=1S/C18H18F3N3O2S/c1-3-8-27-17-23-16(26)14-11(9-13(25)22-15(14)24(17)2)10-6-4-5-7-12(10)18(19,20)21/h4-7,11H,3,8-9H2,1-2H3,(H,22,25). The number of fused-ring (bicyclic) bond motifs is 1. The van der Waals surface area contributed by atoms with Crippen molar-refractivity contribution >= 4 is 23.5 Å². The van der Waals surface area contributed by atoms with Crippen LogP contribution in [0.15, 0.2) is 34.2 Å². The van der Waals surface area contributed by atoms with Crippen LogP contribution in [-0.4, -0.2) is 21.2 Å². The van der Waals surface area contributed by atoms with E-state index in [9.17, 15) is 22.8 Å². The number of amides is 1. The molecule has 9 heteroatoms. The van der Waals surface area contributed by atoms with Gasteiger partial charge in [0.15, 0.2) is 5.16 Å². The number of nitrogens with one attached hydrogen (secondary N) is 1. The highest BCUT2D eigenvalue weighted by Gasteiger charge is 2.39. The Morgan fingerprint density at radius 2 is 2.00 bits per heavy atom. The van der Waals surface area contributed by atoms with Gasteiger partial charge in [0, 0.05) is 25.1 Å². The number of hydrogen-bond donors (Lipinski definition) is 1. The minimum absolute atomic E-state index is 0.0889. The van der Waals surface area contributed by atoms with Gasteiger partial charge in [-0.3, -0.25) is 9.59 Å². The molecule has 0 radical (unpaired) electrons. The van der Waals surface area contributed by atoms with Gasteiger partial charge in [-0.05, 0) is 18.1 Å². The largest absolute Gasteiger partial charge is 0.416 e. The van der Waals surface area contributed by atoms with Crippen LogP contribution in [0.5, 0.6) is 0 Å². The smallest absolute Gasteiger partial charge is 0.312 e. The maximum Gasteiger partial charge on any atom is 0.416 e. The van der Waals surface area contributed by atoms with E-state index >= 15 is 0 Å². The van der Waals surface area contributed by atoms with E-state index in [2.05, 4.69) is 10.3 Å². The molecule has 0 fully saturated rings. The lowest BCUT2D eigenvalue weighted by molar-refractivity contribution is -0.138. The van der Waals surface area contributed by atoms with Gasteiger partial charge < -0.3 is 9.88 Å². The van der Waals surface area contributed by atoms with E-state index in [1.165, 1.54) is 30.0 Å². The predicted molar refractivity (Wildman–Crippen MR) is 97.0 cm³/mol. The molecule has 0 spiro atoms. The van der Waals surface area contributed by atoms with Gasteiger partial charge in [0.05, 0.1) is 11.1 Å². The molecule has 1 atom stereocenters. The van der Waals surface area contributed by atoms with Crippen LogP contribution in [-0.2, 0) is 18.0 Å². The van der Waals surface area contributed by atoms with Gasteiger partial charge in [-0.2, -0.15) is 18.2 Å². The van der Waals surface area contributed by atoms with Gasteiger partial charge >= 0.3 is 6.18 Å². The molecule has 0 aliphatic carbocycles. The van der Waals surface area contributed by atoms with Crippen molar-refractivity contribution in [3.05, 3.63) is 51.3 Å². The molecule has 1 aromatic carbocycles. The first kappa shape index (κ1) is 19.5. The SMILES string of the molecule is CCCSc1nc(=O)c2c(n1C)NC(=O)CC2c1ccccc1C(F)(F)F. The molecule has 0 saturated carbocycles. The van der Waals surface area contributed by atoms with Gasteiger partial charge in [0.25, 0.3) is 5.56 Å². The zero-order chi connectivity index (χ0) is 19.8. The van der Waals surface area contributed by atoms with Crippen LogP contribution in [0.4, 0.5) is 19.0 Å². The van der Waals surface area contributed by atoms with Crippen LogP contribution in [0.3, 0.4) is 0 Å². The maximum atomic E-state index is 13.5. The first-order chi connectivity index (χ1) is 12.7. The summed E-state index contributed by atoms with van der Waals surface area (Å²) in [6.45, 7) is 1.98. The fourth-order valence-electron chi connectivity index (χ4n) is 3.18. The van der Waals surface area contributed by atoms with Crippen molar-refractivity contribution in [3.8, 4) is 0 Å². The summed E-state index contributed by atoms with van der Waals surface area (Å²) in [5, 5.41) is 3.06. The normalized spacial score (nSPS) is 16.8. The predicted octanol–water partition coefficient (Wildman–Crippen LogP) is 3.78. The first-order valence-corrected chi connectivity index (χ1v) is 9.42. The van der Waals surface area contributed by atoms with Crippen molar-refractivity contribution in [2.75, 3.05) is 11.1 Å². The van der Waals surface area contributed by atoms with E-state index in [-0.39, 0.29) is 23.4 Å². The van der Waals surface area contributed by atoms with Crippen LogP contribution in [0, 0.1) is 0 Å². The molecule has 3 rings (SSSR count). The fraction of sp³-hybridized carbons (Fsp3) is 0.389. The summed E-state index contributed by atoms with van der Waals surface area (Å²) < 4.78 is 41.9. The van der Waals surface area contributed by atoms with Gasteiger partial charge in [-0.25, -0.2) is 0 Å². The highest BCUT2D eigenvalue weighted by molar-refractivity contribution is 7.99. The quantitative estimate of drug-likeness (QED) is 0.630. The number of anilines is 1. The minimum atomic E-state index is -4.58. The minimum Gasteiger partial charge on any atom is -0.312 e. The Bertz CT molecular complexity index is 940. The molecule has 0 saturated heterocycles. The topological polar surface area (TPSA) is 64.0 Å². The highest BCUT2D eigenvalue weighted by Crippen LogP contribution is 2.41. The molecule has 1 aliphatic rings. The number of halogens is 3. The molecule has 1 amide bonds. The fourth-order valence-corrected chi connectivity index (χ4v) is 4.00. The second-order valence-electron chi connectivity index (χ2n) is 6.26. The van der Waals surface area contributed by atoms with Gasteiger partial charge in [-0.1, -0.05) is 36.9 Å². The Balaban J connectivity index is 2.20. The maximum absolute atomic E-state index is 13.5. The molecule has 1 unspecified atom stereocenters. The summed E-state index contributed by atoms with van der Waals surface area (Å²) in [5.74, 6) is -0.486. The van der Waals surface area contributed by atoms with Gasteiger partial charge in [0.1, 0.15) is 5.82 Å². The Labute approximate surface area is 158 Å². The highest BCUT2D eigenvalue weighted by atomic mass is 32.2. The van der Waals surface area contributed by atoms with E-state index in [4.69, 9.17) is 0 Å². The van der Waals surface area contributed by atoms with Crippen LogP contribution < -0.4 is 10.9 Å². The van der Waals surface area contributed by atoms with E-state index in [0.717, 1.165) is 18.2 Å². The van der Waals surface area contributed by atoms with Crippen molar-refractivity contribution in [3.63, 3.8) is 0 Å². The zero-order valence-corrected chi connectivity index (χ0v) is 15.6. The third-order valence-electron chi connectivity index (χ3n) is 4.38. The summed E-state index contributed by atoms with van der Waals surface area (Å²) in [6.07, 6.45) is -3.95. The zero-order valence-electron chi connectivity index (χ0n) is 14.8. The van der Waals surface area contributed by atoms with E-state index in [1.54, 1.807) is 11.6 Å². The van der Waals surface area contributed by atoms with Crippen molar-refractivity contribution in [1.29, 1.82) is 0 Å². The molecule has 0 bridgehead atoms. The van der Waals surface area contributed by atoms with Crippen LogP contribution >= 0.6 is 11.8 Å². The molecule has 2 aromatic rings. The lowest BCUT2D eigenvalue weighted by Crippen LogP contribution is -2.34. The molecule has 144 valence electrons. The summed E-state index contributed by atoms with van der Waals surface area (Å²) in [7, 11) is 1.64. The lowest BCUT2D eigenvalue weighted by Gasteiger charge is -2.29. The molecule has 1 N–H and O–H groups in total. The van der Waals surface area contributed by atoms with Crippen LogP contribution in [0.25, 0.3) is 0 Å². The second kappa shape index (κ2) is 7.38. The van der Waals surface area contributed by atoms with Crippen LogP contribution in [0.2, 0.25) is 0 Å². The third-order valence-corrected chi connectivity index (χ3v) is 5.61. The van der Waals surface area contributed by atoms with Crippen molar-refractivity contribution < 1.29 is 18.0 Å².